The molecule has 4 aliphatic carbocycles. The molecule has 1 heterocycles. The van der Waals surface area contributed by atoms with Crippen molar-refractivity contribution < 1.29 is 14.4 Å². The van der Waals surface area contributed by atoms with Crippen LogP contribution in [0.15, 0.2) is 40.9 Å². The van der Waals surface area contributed by atoms with E-state index in [0.717, 1.165) is 15.9 Å². The molecular formula is C18H15BrN2O3. The van der Waals surface area contributed by atoms with Crippen molar-refractivity contribution in [2.45, 2.75) is 6.42 Å². The number of allylic oxidation sites excluding steroid dienone is 2. The molecule has 3 amide bonds. The second-order valence-corrected chi connectivity index (χ2v) is 8.03. The van der Waals surface area contributed by atoms with Gasteiger partial charge in [-0.2, -0.15) is 5.01 Å². The summed E-state index contributed by atoms with van der Waals surface area (Å²) in [6, 6.07) is 6.86. The van der Waals surface area contributed by atoms with Crippen LogP contribution in [-0.2, 0) is 9.59 Å². The molecule has 3 fully saturated rings. The summed E-state index contributed by atoms with van der Waals surface area (Å²) in [4.78, 5) is 38.0. The minimum atomic E-state index is -0.442. The highest BCUT2D eigenvalue weighted by Gasteiger charge is 2.67. The Labute approximate surface area is 147 Å². The van der Waals surface area contributed by atoms with E-state index in [1.807, 2.05) is 6.07 Å². The van der Waals surface area contributed by atoms with Crippen molar-refractivity contribution in [2.24, 2.45) is 35.5 Å². The highest BCUT2D eigenvalue weighted by molar-refractivity contribution is 9.10. The summed E-state index contributed by atoms with van der Waals surface area (Å²) < 4.78 is 0.769. The van der Waals surface area contributed by atoms with E-state index in [4.69, 9.17) is 0 Å². The lowest BCUT2D eigenvalue weighted by Crippen LogP contribution is -2.46. The molecule has 6 atom stereocenters. The number of halogens is 1. The van der Waals surface area contributed by atoms with Crippen LogP contribution < -0.4 is 5.43 Å². The van der Waals surface area contributed by atoms with Gasteiger partial charge in [0.15, 0.2) is 0 Å². The monoisotopic (exact) mass is 386 g/mol. The van der Waals surface area contributed by atoms with E-state index in [2.05, 4.69) is 33.5 Å². The van der Waals surface area contributed by atoms with Crippen LogP contribution in [0, 0.1) is 35.5 Å². The van der Waals surface area contributed by atoms with Crippen molar-refractivity contribution in [1.29, 1.82) is 0 Å². The van der Waals surface area contributed by atoms with Gasteiger partial charge in [-0.3, -0.25) is 19.8 Å². The average Bonchev–Trinajstić information content (AvgIpc) is 3.36. The van der Waals surface area contributed by atoms with Gasteiger partial charge in [0, 0.05) is 10.0 Å². The molecule has 2 bridgehead atoms. The Morgan fingerprint density at radius 1 is 1.08 bits per heavy atom. The SMILES string of the molecule is O=C(NN1C(=O)[C@@H]2[C@H]3C=C[C@H]([C@H]4C[C@@H]34)[C@@H]2C1=O)c1cccc(Br)c1. The zero-order valence-corrected chi connectivity index (χ0v) is 14.3. The largest absolute Gasteiger partial charge is 0.272 e. The number of carbonyl (C=O) groups excluding carboxylic acids is 3. The van der Waals surface area contributed by atoms with Crippen LogP contribution in [-0.4, -0.2) is 22.7 Å². The van der Waals surface area contributed by atoms with Crippen LogP contribution in [0.25, 0.3) is 0 Å². The molecule has 122 valence electrons. The van der Waals surface area contributed by atoms with E-state index >= 15 is 0 Å². The molecule has 2 saturated carbocycles. The Balaban J connectivity index is 1.41. The van der Waals surface area contributed by atoms with Crippen LogP contribution in [0.5, 0.6) is 0 Å². The number of amides is 3. The second-order valence-electron chi connectivity index (χ2n) is 7.12. The van der Waals surface area contributed by atoms with Gasteiger partial charge in [-0.1, -0.05) is 34.1 Å². The van der Waals surface area contributed by atoms with E-state index in [1.54, 1.807) is 18.2 Å². The number of nitrogens with one attached hydrogen (secondary N) is 1. The molecule has 6 rings (SSSR count). The minimum Gasteiger partial charge on any atom is -0.272 e. The first-order valence-corrected chi connectivity index (χ1v) is 8.98. The van der Waals surface area contributed by atoms with Crippen LogP contribution in [0.1, 0.15) is 16.8 Å². The standard InChI is InChI=1S/C18H15BrN2O3/c19-9-3-1-2-8(6-9)16(22)20-21-17(23)14-10-4-5-11(13-7-12(10)13)15(14)18(21)24/h1-6,10-15H,7H2,(H,20,22)/t10-,11+,12-,13+,14+,15-. The van der Waals surface area contributed by atoms with Gasteiger partial charge in [0.1, 0.15) is 0 Å². The van der Waals surface area contributed by atoms with Gasteiger partial charge in [0.05, 0.1) is 11.8 Å². The Morgan fingerprint density at radius 2 is 1.71 bits per heavy atom. The van der Waals surface area contributed by atoms with Crippen LogP contribution in [0.4, 0.5) is 0 Å². The lowest BCUT2D eigenvalue weighted by Gasteiger charge is -2.37. The third-order valence-electron chi connectivity index (χ3n) is 5.96. The Hall–Kier alpha value is -1.95. The second kappa shape index (κ2) is 4.79. The topological polar surface area (TPSA) is 66.5 Å². The first-order valence-electron chi connectivity index (χ1n) is 8.19. The molecule has 1 aliphatic heterocycles. The fourth-order valence-corrected chi connectivity index (χ4v) is 5.26. The number of nitrogens with zero attached hydrogens (tertiary/aromatic N) is 1. The maximum atomic E-state index is 12.8. The predicted molar refractivity (Wildman–Crippen MR) is 88.2 cm³/mol. The Kier molecular flexibility index (Phi) is 2.87. The fraction of sp³-hybridized carbons (Fsp3) is 0.389. The first kappa shape index (κ1) is 14.4. The summed E-state index contributed by atoms with van der Waals surface area (Å²) in [5, 5.41) is 0.969. The summed E-state index contributed by atoms with van der Waals surface area (Å²) >= 11 is 3.32. The lowest BCUT2D eigenvalue weighted by atomic mass is 9.63. The molecule has 5 nitrogen and oxygen atoms in total. The molecule has 0 aromatic heterocycles. The number of carbonyl (C=O) groups is 3. The van der Waals surface area contributed by atoms with Crippen molar-refractivity contribution in [1.82, 2.24) is 10.4 Å². The molecule has 5 aliphatic rings. The molecule has 1 saturated heterocycles. The summed E-state index contributed by atoms with van der Waals surface area (Å²) in [6.07, 6.45) is 5.36. The van der Waals surface area contributed by atoms with Crippen molar-refractivity contribution in [3.05, 3.63) is 46.5 Å². The fourth-order valence-electron chi connectivity index (χ4n) is 4.86. The number of hydrogen-bond acceptors (Lipinski definition) is 3. The Morgan fingerprint density at radius 3 is 2.29 bits per heavy atom. The van der Waals surface area contributed by atoms with Crippen molar-refractivity contribution >= 4 is 33.7 Å². The van der Waals surface area contributed by atoms with Crippen LogP contribution in [0.2, 0.25) is 0 Å². The minimum absolute atomic E-state index is 0.161. The zero-order valence-electron chi connectivity index (χ0n) is 12.7. The number of hydrogen-bond donors (Lipinski definition) is 1. The highest BCUT2D eigenvalue weighted by atomic mass is 79.9. The smallest absolute Gasteiger partial charge is 0.270 e. The maximum absolute atomic E-state index is 12.8. The molecule has 1 N–H and O–H groups in total. The van der Waals surface area contributed by atoms with E-state index < -0.39 is 5.91 Å². The summed E-state index contributed by atoms with van der Waals surface area (Å²) in [5.41, 5.74) is 2.93. The van der Waals surface area contributed by atoms with Crippen molar-refractivity contribution in [3.8, 4) is 0 Å². The van der Waals surface area contributed by atoms with E-state index in [1.165, 1.54) is 0 Å². The molecule has 24 heavy (non-hydrogen) atoms. The number of hydrazine groups is 1. The molecule has 0 unspecified atom stereocenters. The normalized spacial score (nSPS) is 38.1. The van der Waals surface area contributed by atoms with Gasteiger partial charge in [-0.25, -0.2) is 0 Å². The lowest BCUT2D eigenvalue weighted by molar-refractivity contribution is -0.143. The van der Waals surface area contributed by atoms with Gasteiger partial charge in [0.25, 0.3) is 17.7 Å². The summed E-state index contributed by atoms with van der Waals surface area (Å²) in [7, 11) is 0. The van der Waals surface area contributed by atoms with Crippen molar-refractivity contribution in [3.63, 3.8) is 0 Å². The quantitative estimate of drug-likeness (QED) is 0.625. The predicted octanol–water partition coefficient (Wildman–Crippen LogP) is 2.15. The van der Waals surface area contributed by atoms with Crippen LogP contribution in [0.3, 0.4) is 0 Å². The molecule has 0 spiro atoms. The molecule has 0 radical (unpaired) electrons. The van der Waals surface area contributed by atoms with Crippen molar-refractivity contribution in [2.75, 3.05) is 0 Å². The number of imide groups is 1. The molecule has 1 aromatic rings. The zero-order chi connectivity index (χ0) is 16.6. The molecular weight excluding hydrogens is 372 g/mol. The summed E-state index contributed by atoms with van der Waals surface area (Å²) in [5.74, 6) is -0.0998. The number of benzene rings is 1. The molecule has 1 aromatic carbocycles. The van der Waals surface area contributed by atoms with Gasteiger partial charge in [0.2, 0.25) is 0 Å². The average molecular weight is 387 g/mol. The highest BCUT2D eigenvalue weighted by Crippen LogP contribution is 2.65. The van der Waals surface area contributed by atoms with Gasteiger partial charge in [-0.15, -0.1) is 0 Å². The van der Waals surface area contributed by atoms with E-state index in [9.17, 15) is 14.4 Å². The van der Waals surface area contributed by atoms with E-state index in [-0.39, 0.29) is 35.5 Å². The van der Waals surface area contributed by atoms with Crippen LogP contribution >= 0.6 is 15.9 Å². The Bertz CT molecular complexity index is 784. The first-order chi connectivity index (χ1) is 11.6. The third kappa shape index (κ3) is 1.83. The maximum Gasteiger partial charge on any atom is 0.270 e. The van der Waals surface area contributed by atoms with Gasteiger partial charge < -0.3 is 0 Å². The molecule has 6 heteroatoms. The van der Waals surface area contributed by atoms with Gasteiger partial charge >= 0.3 is 0 Å². The van der Waals surface area contributed by atoms with E-state index in [0.29, 0.717) is 17.4 Å². The van der Waals surface area contributed by atoms with Gasteiger partial charge in [-0.05, 0) is 48.3 Å². The third-order valence-corrected chi connectivity index (χ3v) is 6.46. The number of rotatable bonds is 2. The summed E-state index contributed by atoms with van der Waals surface area (Å²) in [6.45, 7) is 0.